The first-order valence-corrected chi connectivity index (χ1v) is 7.95. The maximum atomic E-state index is 12.6. The minimum absolute atomic E-state index is 0.101. The lowest BCUT2D eigenvalue weighted by atomic mass is 10.1. The van der Waals surface area contributed by atoms with Crippen LogP contribution >= 0.6 is 0 Å². The molecule has 0 aliphatic carbocycles. The van der Waals surface area contributed by atoms with Crippen molar-refractivity contribution < 1.29 is 4.79 Å². The van der Waals surface area contributed by atoms with E-state index in [4.69, 9.17) is 0 Å². The van der Waals surface area contributed by atoms with E-state index in [0.29, 0.717) is 12.1 Å². The summed E-state index contributed by atoms with van der Waals surface area (Å²) in [6.07, 6.45) is 1.71. The van der Waals surface area contributed by atoms with Crippen molar-refractivity contribution in [2.45, 2.75) is 13.5 Å². The molecule has 1 heterocycles. The average molecular weight is 319 g/mol. The Morgan fingerprint density at radius 1 is 1.12 bits per heavy atom. The van der Waals surface area contributed by atoms with Crippen LogP contribution in [0.2, 0.25) is 0 Å². The smallest absolute Gasteiger partial charge is 0.253 e. The molecule has 3 aromatic rings. The van der Waals surface area contributed by atoms with E-state index in [-0.39, 0.29) is 5.91 Å². The quantitative estimate of drug-likeness (QED) is 0.800. The van der Waals surface area contributed by atoms with Crippen molar-refractivity contribution >= 4 is 22.5 Å². The third kappa shape index (κ3) is 3.23. The number of fused-ring (bicyclic) bond motifs is 1. The first kappa shape index (κ1) is 16.0. The minimum atomic E-state index is -0.101. The van der Waals surface area contributed by atoms with Crippen molar-refractivity contribution in [3.05, 3.63) is 71.4 Å². The summed E-state index contributed by atoms with van der Waals surface area (Å²) in [5.41, 5.74) is 4.77. The molecule has 4 nitrogen and oxygen atoms in total. The van der Waals surface area contributed by atoms with Gasteiger partial charge in [-0.3, -0.25) is 9.78 Å². The second kappa shape index (κ2) is 6.71. The third-order valence-electron chi connectivity index (χ3n) is 4.16. The van der Waals surface area contributed by atoms with E-state index in [1.807, 2.05) is 44.4 Å². The number of para-hydroxylation sites is 1. The molecule has 0 aliphatic heterocycles. The number of carbonyl (C=O) groups excluding carboxylic acids is 1. The van der Waals surface area contributed by atoms with Crippen molar-refractivity contribution in [2.75, 3.05) is 19.0 Å². The van der Waals surface area contributed by atoms with Crippen LogP contribution in [0.1, 0.15) is 21.5 Å². The standard InChI is InChI=1S/C20H21N3O/c1-14-12-17(23(2)3)10-9-16(14)13-22-20(24)18-8-4-6-15-7-5-11-21-19(15)18/h4-12H,13H2,1-3H3,(H,22,24). The zero-order valence-electron chi connectivity index (χ0n) is 14.2. The SMILES string of the molecule is Cc1cc(N(C)C)ccc1CNC(=O)c1cccc2cccnc12. The van der Waals surface area contributed by atoms with Crippen molar-refractivity contribution in [1.82, 2.24) is 10.3 Å². The number of aromatic nitrogens is 1. The molecule has 1 amide bonds. The molecular weight excluding hydrogens is 298 g/mol. The Morgan fingerprint density at radius 2 is 1.92 bits per heavy atom. The number of pyridine rings is 1. The number of amides is 1. The number of rotatable bonds is 4. The van der Waals surface area contributed by atoms with E-state index in [9.17, 15) is 4.79 Å². The van der Waals surface area contributed by atoms with Gasteiger partial charge in [0.05, 0.1) is 11.1 Å². The van der Waals surface area contributed by atoms with Crippen LogP contribution in [0, 0.1) is 6.92 Å². The van der Waals surface area contributed by atoms with Gasteiger partial charge in [-0.1, -0.05) is 24.3 Å². The van der Waals surface area contributed by atoms with Gasteiger partial charge in [0.25, 0.3) is 5.91 Å². The van der Waals surface area contributed by atoms with Crippen molar-refractivity contribution in [1.29, 1.82) is 0 Å². The van der Waals surface area contributed by atoms with Crippen LogP contribution in [0.25, 0.3) is 10.9 Å². The van der Waals surface area contributed by atoms with Crippen LogP contribution in [-0.2, 0) is 6.54 Å². The molecule has 0 unspecified atom stereocenters. The van der Waals surface area contributed by atoms with E-state index in [0.717, 1.165) is 27.7 Å². The van der Waals surface area contributed by atoms with Gasteiger partial charge in [0.2, 0.25) is 0 Å². The van der Waals surface area contributed by atoms with Crippen LogP contribution in [-0.4, -0.2) is 25.0 Å². The van der Waals surface area contributed by atoms with Gasteiger partial charge < -0.3 is 10.2 Å². The summed E-state index contributed by atoms with van der Waals surface area (Å²) in [6, 6.07) is 15.7. The fourth-order valence-corrected chi connectivity index (χ4v) is 2.71. The molecule has 4 heteroatoms. The van der Waals surface area contributed by atoms with E-state index in [2.05, 4.69) is 40.3 Å². The molecule has 122 valence electrons. The predicted molar refractivity (Wildman–Crippen MR) is 98.4 cm³/mol. The van der Waals surface area contributed by atoms with Gasteiger partial charge >= 0.3 is 0 Å². The number of aryl methyl sites for hydroxylation is 1. The lowest BCUT2D eigenvalue weighted by Gasteiger charge is -2.15. The summed E-state index contributed by atoms with van der Waals surface area (Å²) in [5.74, 6) is -0.101. The van der Waals surface area contributed by atoms with Crippen molar-refractivity contribution in [3.8, 4) is 0 Å². The summed E-state index contributed by atoms with van der Waals surface area (Å²) in [5, 5.41) is 3.97. The maximum Gasteiger partial charge on any atom is 0.253 e. The number of hydrogen-bond donors (Lipinski definition) is 1. The Bertz CT molecular complexity index is 882. The first-order valence-electron chi connectivity index (χ1n) is 7.95. The zero-order chi connectivity index (χ0) is 17.1. The van der Waals surface area contributed by atoms with Crippen LogP contribution < -0.4 is 10.2 Å². The number of nitrogens with one attached hydrogen (secondary N) is 1. The van der Waals surface area contributed by atoms with E-state index >= 15 is 0 Å². The topological polar surface area (TPSA) is 45.2 Å². The monoisotopic (exact) mass is 319 g/mol. The van der Waals surface area contributed by atoms with E-state index in [1.54, 1.807) is 6.20 Å². The lowest BCUT2D eigenvalue weighted by molar-refractivity contribution is 0.0952. The molecule has 0 saturated heterocycles. The highest BCUT2D eigenvalue weighted by molar-refractivity contribution is 6.05. The van der Waals surface area contributed by atoms with Gasteiger partial charge in [0.15, 0.2) is 0 Å². The average Bonchev–Trinajstić information content (AvgIpc) is 2.59. The number of benzene rings is 2. The normalized spacial score (nSPS) is 10.6. The minimum Gasteiger partial charge on any atom is -0.378 e. The van der Waals surface area contributed by atoms with Gasteiger partial charge in [0.1, 0.15) is 0 Å². The molecule has 0 fully saturated rings. The largest absolute Gasteiger partial charge is 0.378 e. The lowest BCUT2D eigenvalue weighted by Crippen LogP contribution is -2.23. The molecule has 0 bridgehead atoms. The third-order valence-corrected chi connectivity index (χ3v) is 4.16. The summed E-state index contributed by atoms with van der Waals surface area (Å²) in [6.45, 7) is 2.57. The van der Waals surface area contributed by atoms with Gasteiger partial charge in [-0.15, -0.1) is 0 Å². The number of anilines is 1. The highest BCUT2D eigenvalue weighted by Gasteiger charge is 2.11. The molecule has 0 saturated carbocycles. The van der Waals surface area contributed by atoms with Crippen molar-refractivity contribution in [2.24, 2.45) is 0 Å². The summed E-state index contributed by atoms with van der Waals surface area (Å²) >= 11 is 0. The predicted octanol–water partition coefficient (Wildman–Crippen LogP) is 3.54. The molecular formula is C20H21N3O. The number of hydrogen-bond acceptors (Lipinski definition) is 3. The molecule has 0 radical (unpaired) electrons. The van der Waals surface area contributed by atoms with Gasteiger partial charge in [-0.2, -0.15) is 0 Å². The highest BCUT2D eigenvalue weighted by Crippen LogP contribution is 2.18. The molecule has 24 heavy (non-hydrogen) atoms. The van der Waals surface area contributed by atoms with E-state index < -0.39 is 0 Å². The Kier molecular flexibility index (Phi) is 4.47. The molecule has 2 aromatic carbocycles. The zero-order valence-corrected chi connectivity index (χ0v) is 14.2. The van der Waals surface area contributed by atoms with Gasteiger partial charge in [-0.05, 0) is 42.3 Å². The van der Waals surface area contributed by atoms with Crippen LogP contribution in [0.5, 0.6) is 0 Å². The molecule has 0 spiro atoms. The molecule has 0 atom stereocenters. The first-order chi connectivity index (χ1) is 11.6. The maximum absolute atomic E-state index is 12.6. The molecule has 1 aromatic heterocycles. The molecule has 1 N–H and O–H groups in total. The van der Waals surface area contributed by atoms with Crippen LogP contribution in [0.3, 0.4) is 0 Å². The van der Waals surface area contributed by atoms with Crippen molar-refractivity contribution in [3.63, 3.8) is 0 Å². The van der Waals surface area contributed by atoms with Crippen LogP contribution in [0.15, 0.2) is 54.7 Å². The number of nitrogens with zero attached hydrogens (tertiary/aromatic N) is 2. The fourth-order valence-electron chi connectivity index (χ4n) is 2.71. The molecule has 0 aliphatic rings. The Balaban J connectivity index is 1.78. The second-order valence-corrected chi connectivity index (χ2v) is 6.07. The fraction of sp³-hybridized carbons (Fsp3) is 0.200. The van der Waals surface area contributed by atoms with Gasteiger partial charge in [-0.25, -0.2) is 0 Å². The summed E-state index contributed by atoms with van der Waals surface area (Å²) in [7, 11) is 4.04. The number of carbonyl (C=O) groups is 1. The van der Waals surface area contributed by atoms with Crippen LogP contribution in [0.4, 0.5) is 5.69 Å². The Morgan fingerprint density at radius 3 is 2.67 bits per heavy atom. The Hall–Kier alpha value is -2.88. The molecule has 3 rings (SSSR count). The summed E-state index contributed by atoms with van der Waals surface area (Å²) in [4.78, 5) is 19.0. The van der Waals surface area contributed by atoms with E-state index in [1.165, 1.54) is 0 Å². The second-order valence-electron chi connectivity index (χ2n) is 6.07. The highest BCUT2D eigenvalue weighted by atomic mass is 16.1. The van der Waals surface area contributed by atoms with Gasteiger partial charge in [0, 0.05) is 37.9 Å². The Labute approximate surface area is 142 Å². The summed E-state index contributed by atoms with van der Waals surface area (Å²) < 4.78 is 0.